The molecule has 110 valence electrons. The lowest BCUT2D eigenvalue weighted by Crippen LogP contribution is -2.38. The molecule has 1 aromatic rings. The number of carboxylic acids is 1. The molecule has 2 rings (SSSR count). The largest absolute Gasteiger partial charge is 0.478 e. The highest BCUT2D eigenvalue weighted by atomic mass is 16.5. The Kier molecular flexibility index (Phi) is 5.11. The molecule has 0 saturated heterocycles. The van der Waals surface area contributed by atoms with Crippen LogP contribution < -0.4 is 0 Å². The zero-order valence-electron chi connectivity index (χ0n) is 11.7. The minimum absolute atomic E-state index is 0.342. The van der Waals surface area contributed by atoms with Crippen molar-refractivity contribution >= 4 is 5.97 Å². The van der Waals surface area contributed by atoms with Gasteiger partial charge in [0.05, 0.1) is 18.3 Å². The van der Waals surface area contributed by atoms with Gasteiger partial charge in [-0.15, -0.1) is 0 Å². The Morgan fingerprint density at radius 3 is 3.00 bits per heavy atom. The van der Waals surface area contributed by atoms with Gasteiger partial charge in [0, 0.05) is 26.2 Å². The summed E-state index contributed by atoms with van der Waals surface area (Å²) >= 11 is 0. The number of ether oxygens (including phenoxy) is 1. The standard InChI is InChI=1S/C15H21NO4/c1-2-20-10-12(17)9-16-7-6-13-11(8-16)4-3-5-14(13)15(18)19/h3-5,12,17H,2,6-10H2,1H3,(H,18,19). The fourth-order valence-electron chi connectivity index (χ4n) is 2.63. The third-order valence-corrected chi connectivity index (χ3v) is 3.56. The summed E-state index contributed by atoms with van der Waals surface area (Å²) < 4.78 is 5.20. The van der Waals surface area contributed by atoms with E-state index in [9.17, 15) is 15.0 Å². The van der Waals surface area contributed by atoms with Gasteiger partial charge in [-0.1, -0.05) is 12.1 Å². The van der Waals surface area contributed by atoms with E-state index >= 15 is 0 Å². The van der Waals surface area contributed by atoms with Crippen LogP contribution in [-0.2, 0) is 17.7 Å². The summed E-state index contributed by atoms with van der Waals surface area (Å²) in [6, 6.07) is 5.39. The van der Waals surface area contributed by atoms with E-state index < -0.39 is 12.1 Å². The molecule has 2 N–H and O–H groups in total. The Balaban J connectivity index is 2.01. The molecule has 5 heteroatoms. The second-order valence-electron chi connectivity index (χ2n) is 5.05. The lowest BCUT2D eigenvalue weighted by atomic mass is 9.94. The van der Waals surface area contributed by atoms with Gasteiger partial charge >= 0.3 is 5.97 Å². The molecule has 0 aliphatic carbocycles. The maximum absolute atomic E-state index is 11.2. The number of rotatable bonds is 6. The SMILES string of the molecule is CCOCC(O)CN1CCc2c(cccc2C(=O)O)C1. The third-order valence-electron chi connectivity index (χ3n) is 3.56. The van der Waals surface area contributed by atoms with Crippen molar-refractivity contribution in [2.24, 2.45) is 0 Å². The van der Waals surface area contributed by atoms with Crippen LogP contribution >= 0.6 is 0 Å². The molecule has 1 atom stereocenters. The van der Waals surface area contributed by atoms with Crippen molar-refractivity contribution in [3.8, 4) is 0 Å². The number of β-amino-alcohol motifs (C(OH)–C–C–N with tert-alkyl or cyclic N) is 1. The molecular weight excluding hydrogens is 258 g/mol. The first kappa shape index (κ1) is 15.0. The van der Waals surface area contributed by atoms with Gasteiger partial charge in [0.25, 0.3) is 0 Å². The van der Waals surface area contributed by atoms with E-state index in [0.717, 1.165) is 17.7 Å². The van der Waals surface area contributed by atoms with Crippen LogP contribution in [-0.4, -0.2) is 53.5 Å². The Labute approximate surface area is 118 Å². The van der Waals surface area contributed by atoms with E-state index in [1.54, 1.807) is 12.1 Å². The first-order chi connectivity index (χ1) is 9.61. The molecular formula is C15H21NO4. The van der Waals surface area contributed by atoms with Crippen LogP contribution in [0.1, 0.15) is 28.4 Å². The minimum atomic E-state index is -0.869. The number of aromatic carboxylic acids is 1. The van der Waals surface area contributed by atoms with Crippen molar-refractivity contribution in [1.82, 2.24) is 4.90 Å². The van der Waals surface area contributed by atoms with E-state index in [1.165, 1.54) is 0 Å². The predicted molar refractivity (Wildman–Crippen MR) is 74.9 cm³/mol. The summed E-state index contributed by atoms with van der Waals surface area (Å²) in [7, 11) is 0. The number of benzene rings is 1. The summed E-state index contributed by atoms with van der Waals surface area (Å²) in [6.07, 6.45) is 0.207. The van der Waals surface area contributed by atoms with E-state index in [-0.39, 0.29) is 0 Å². The molecule has 1 heterocycles. The predicted octanol–water partition coefficient (Wildman–Crippen LogP) is 1.14. The topological polar surface area (TPSA) is 70.0 Å². The van der Waals surface area contributed by atoms with Crippen LogP contribution in [0, 0.1) is 0 Å². The Bertz CT molecular complexity index is 475. The zero-order valence-corrected chi connectivity index (χ0v) is 11.7. The number of fused-ring (bicyclic) bond motifs is 1. The monoisotopic (exact) mass is 279 g/mol. The fourth-order valence-corrected chi connectivity index (χ4v) is 2.63. The third kappa shape index (κ3) is 3.56. The van der Waals surface area contributed by atoms with Crippen LogP contribution in [0.5, 0.6) is 0 Å². The van der Waals surface area contributed by atoms with Gasteiger partial charge in [-0.2, -0.15) is 0 Å². The highest BCUT2D eigenvalue weighted by molar-refractivity contribution is 5.89. The van der Waals surface area contributed by atoms with Crippen molar-refractivity contribution in [3.05, 3.63) is 34.9 Å². The highest BCUT2D eigenvalue weighted by Crippen LogP contribution is 2.22. The highest BCUT2D eigenvalue weighted by Gasteiger charge is 2.22. The molecule has 0 amide bonds. The van der Waals surface area contributed by atoms with Crippen LogP contribution in [0.3, 0.4) is 0 Å². The number of aliphatic hydroxyl groups is 1. The van der Waals surface area contributed by atoms with Crippen LogP contribution in [0.4, 0.5) is 0 Å². The van der Waals surface area contributed by atoms with Crippen LogP contribution in [0.25, 0.3) is 0 Å². The van der Waals surface area contributed by atoms with Gasteiger partial charge in [-0.25, -0.2) is 4.79 Å². The number of hydrogen-bond acceptors (Lipinski definition) is 4. The second-order valence-corrected chi connectivity index (χ2v) is 5.05. The molecule has 0 bridgehead atoms. The van der Waals surface area contributed by atoms with Crippen molar-refractivity contribution < 1.29 is 19.7 Å². The first-order valence-corrected chi connectivity index (χ1v) is 6.94. The molecule has 0 radical (unpaired) electrons. The van der Waals surface area contributed by atoms with Crippen molar-refractivity contribution in [2.45, 2.75) is 26.0 Å². The smallest absolute Gasteiger partial charge is 0.335 e. The van der Waals surface area contributed by atoms with Crippen LogP contribution in [0.15, 0.2) is 18.2 Å². The Morgan fingerprint density at radius 1 is 1.50 bits per heavy atom. The molecule has 1 aliphatic rings. The summed E-state index contributed by atoms with van der Waals surface area (Å²) in [6.45, 7) is 4.84. The van der Waals surface area contributed by atoms with E-state index in [0.29, 0.717) is 38.3 Å². The minimum Gasteiger partial charge on any atom is -0.478 e. The summed E-state index contributed by atoms with van der Waals surface area (Å²) in [4.78, 5) is 13.3. The van der Waals surface area contributed by atoms with Crippen molar-refractivity contribution in [3.63, 3.8) is 0 Å². The van der Waals surface area contributed by atoms with Gasteiger partial charge in [0.15, 0.2) is 0 Å². The molecule has 1 aromatic carbocycles. The van der Waals surface area contributed by atoms with E-state index in [4.69, 9.17) is 4.74 Å². The fraction of sp³-hybridized carbons (Fsp3) is 0.533. The average molecular weight is 279 g/mol. The lowest BCUT2D eigenvalue weighted by molar-refractivity contribution is 0.0186. The molecule has 0 saturated carbocycles. The van der Waals surface area contributed by atoms with Gasteiger partial charge in [-0.05, 0) is 30.5 Å². The van der Waals surface area contributed by atoms with Gasteiger partial charge in [-0.3, -0.25) is 4.90 Å². The van der Waals surface area contributed by atoms with Gasteiger partial charge < -0.3 is 14.9 Å². The number of carboxylic acid groups (broad SMARTS) is 1. The summed E-state index contributed by atoms with van der Waals surface area (Å²) in [5, 5.41) is 19.0. The molecule has 20 heavy (non-hydrogen) atoms. The Hall–Kier alpha value is -1.43. The Morgan fingerprint density at radius 2 is 2.30 bits per heavy atom. The summed E-state index contributed by atoms with van der Waals surface area (Å²) in [5.41, 5.74) is 2.37. The van der Waals surface area contributed by atoms with E-state index in [2.05, 4.69) is 4.90 Å². The molecule has 0 spiro atoms. The number of nitrogens with zero attached hydrogens (tertiary/aromatic N) is 1. The normalized spacial score (nSPS) is 16.7. The summed E-state index contributed by atoms with van der Waals surface area (Å²) in [5.74, 6) is -0.869. The molecule has 0 aromatic heterocycles. The zero-order chi connectivity index (χ0) is 14.5. The molecule has 5 nitrogen and oxygen atoms in total. The maximum atomic E-state index is 11.2. The van der Waals surface area contributed by atoms with Crippen molar-refractivity contribution in [1.29, 1.82) is 0 Å². The molecule has 0 fully saturated rings. The average Bonchev–Trinajstić information content (AvgIpc) is 2.44. The quantitative estimate of drug-likeness (QED) is 0.817. The lowest BCUT2D eigenvalue weighted by Gasteiger charge is -2.30. The number of hydrogen-bond donors (Lipinski definition) is 2. The van der Waals surface area contributed by atoms with E-state index in [1.807, 2.05) is 13.0 Å². The number of carbonyl (C=O) groups is 1. The second kappa shape index (κ2) is 6.83. The van der Waals surface area contributed by atoms with Crippen LogP contribution in [0.2, 0.25) is 0 Å². The van der Waals surface area contributed by atoms with Crippen molar-refractivity contribution in [2.75, 3.05) is 26.3 Å². The molecule has 1 unspecified atom stereocenters. The molecule has 1 aliphatic heterocycles. The van der Waals surface area contributed by atoms with Gasteiger partial charge in [0.1, 0.15) is 0 Å². The maximum Gasteiger partial charge on any atom is 0.335 e. The van der Waals surface area contributed by atoms with Gasteiger partial charge in [0.2, 0.25) is 0 Å². The number of aliphatic hydroxyl groups excluding tert-OH is 1. The first-order valence-electron chi connectivity index (χ1n) is 6.94.